The Morgan fingerprint density at radius 1 is 1.04 bits per heavy atom. The molecule has 1 saturated heterocycles. The molecule has 0 radical (unpaired) electrons. The maximum absolute atomic E-state index is 5.57. The number of furan rings is 1. The van der Waals surface area contributed by atoms with E-state index >= 15 is 0 Å². The smallest absolute Gasteiger partial charge is 0.117 e. The van der Waals surface area contributed by atoms with Gasteiger partial charge in [-0.15, -0.1) is 0 Å². The number of aryl methyl sites for hydroxylation is 1. The Labute approximate surface area is 139 Å². The highest BCUT2D eigenvalue weighted by Gasteiger charge is 2.17. The third-order valence-corrected chi connectivity index (χ3v) is 4.77. The van der Waals surface area contributed by atoms with Crippen LogP contribution in [-0.2, 0) is 19.6 Å². The highest BCUT2D eigenvalue weighted by molar-refractivity contribution is 5.22. The van der Waals surface area contributed by atoms with E-state index in [0.29, 0.717) is 0 Å². The molecule has 2 aromatic rings. The molecule has 23 heavy (non-hydrogen) atoms. The second kappa shape index (κ2) is 7.80. The lowest BCUT2D eigenvalue weighted by atomic mass is 10.0. The van der Waals surface area contributed by atoms with Crippen LogP contribution in [0, 0.1) is 6.92 Å². The van der Waals surface area contributed by atoms with Crippen LogP contribution in [0.5, 0.6) is 0 Å². The van der Waals surface area contributed by atoms with E-state index in [0.717, 1.165) is 37.2 Å². The van der Waals surface area contributed by atoms with E-state index in [2.05, 4.69) is 41.4 Å². The summed E-state index contributed by atoms with van der Waals surface area (Å²) in [5.41, 5.74) is 2.74. The molecule has 1 N–H and O–H groups in total. The Morgan fingerprint density at radius 2 is 1.83 bits per heavy atom. The summed E-state index contributed by atoms with van der Waals surface area (Å²) in [6.45, 7) is 8.31. The molecular weight excluding hydrogens is 284 g/mol. The fourth-order valence-electron chi connectivity index (χ4n) is 3.30. The van der Waals surface area contributed by atoms with Gasteiger partial charge >= 0.3 is 0 Å². The van der Waals surface area contributed by atoms with Crippen molar-refractivity contribution in [1.29, 1.82) is 0 Å². The highest BCUT2D eigenvalue weighted by atomic mass is 16.3. The number of likely N-dealkylation sites (tertiary alicyclic amines) is 1. The molecule has 1 fully saturated rings. The number of hydrogen-bond acceptors (Lipinski definition) is 3. The standard InChI is InChI=1S/C20H28N2O/c1-16-5-3-4-12-22(16)15-19-9-7-18(8-10-19)13-21-14-20-11-6-17(2)23-20/h6-11,16,21H,3-5,12-15H2,1-2H3. The third-order valence-electron chi connectivity index (χ3n) is 4.77. The van der Waals surface area contributed by atoms with Crippen molar-refractivity contribution in [3.05, 3.63) is 59.0 Å². The van der Waals surface area contributed by atoms with Crippen LogP contribution in [-0.4, -0.2) is 17.5 Å². The largest absolute Gasteiger partial charge is 0.465 e. The fraction of sp³-hybridized carbons (Fsp3) is 0.500. The Bertz CT molecular complexity index is 602. The van der Waals surface area contributed by atoms with Crippen molar-refractivity contribution in [2.45, 2.75) is 58.8 Å². The van der Waals surface area contributed by atoms with Gasteiger partial charge in [0.05, 0.1) is 6.54 Å². The molecule has 1 unspecified atom stereocenters. The molecule has 0 bridgehead atoms. The van der Waals surface area contributed by atoms with Crippen molar-refractivity contribution < 1.29 is 4.42 Å². The Hall–Kier alpha value is -1.58. The van der Waals surface area contributed by atoms with Crippen LogP contribution in [0.25, 0.3) is 0 Å². The minimum atomic E-state index is 0.724. The molecule has 1 aromatic heterocycles. The SMILES string of the molecule is Cc1ccc(CNCc2ccc(CN3CCCCC3C)cc2)o1. The van der Waals surface area contributed by atoms with Crippen LogP contribution in [0.2, 0.25) is 0 Å². The van der Waals surface area contributed by atoms with Crippen molar-refractivity contribution >= 4 is 0 Å². The maximum Gasteiger partial charge on any atom is 0.117 e. The first-order valence-corrected chi connectivity index (χ1v) is 8.78. The van der Waals surface area contributed by atoms with Gasteiger partial charge in [0, 0.05) is 19.1 Å². The topological polar surface area (TPSA) is 28.4 Å². The van der Waals surface area contributed by atoms with Gasteiger partial charge in [-0.25, -0.2) is 0 Å². The summed E-state index contributed by atoms with van der Waals surface area (Å²) in [7, 11) is 0. The van der Waals surface area contributed by atoms with Crippen molar-refractivity contribution in [3.63, 3.8) is 0 Å². The van der Waals surface area contributed by atoms with Crippen LogP contribution in [0.3, 0.4) is 0 Å². The lowest BCUT2D eigenvalue weighted by Gasteiger charge is -2.33. The molecule has 1 aromatic carbocycles. The highest BCUT2D eigenvalue weighted by Crippen LogP contribution is 2.19. The first-order valence-electron chi connectivity index (χ1n) is 8.78. The van der Waals surface area contributed by atoms with E-state index in [4.69, 9.17) is 4.42 Å². The minimum Gasteiger partial charge on any atom is -0.465 e. The molecule has 3 rings (SSSR count). The predicted molar refractivity (Wildman–Crippen MR) is 94.2 cm³/mol. The Balaban J connectivity index is 1.46. The van der Waals surface area contributed by atoms with Gasteiger partial charge in [0.25, 0.3) is 0 Å². The third kappa shape index (κ3) is 4.69. The molecule has 1 aliphatic rings. The first-order chi connectivity index (χ1) is 11.2. The number of nitrogens with one attached hydrogen (secondary N) is 1. The molecular formula is C20H28N2O. The summed E-state index contributed by atoms with van der Waals surface area (Å²) in [5.74, 6) is 1.97. The van der Waals surface area contributed by atoms with Crippen molar-refractivity contribution in [2.24, 2.45) is 0 Å². The normalized spacial score (nSPS) is 19.1. The van der Waals surface area contributed by atoms with Gasteiger partial charge in [0.2, 0.25) is 0 Å². The van der Waals surface area contributed by atoms with Crippen molar-refractivity contribution in [1.82, 2.24) is 10.2 Å². The molecule has 3 nitrogen and oxygen atoms in total. The summed E-state index contributed by atoms with van der Waals surface area (Å²) < 4.78 is 5.57. The van der Waals surface area contributed by atoms with Gasteiger partial charge in [-0.3, -0.25) is 4.90 Å². The molecule has 0 aliphatic carbocycles. The zero-order valence-electron chi connectivity index (χ0n) is 14.3. The number of hydrogen-bond donors (Lipinski definition) is 1. The average Bonchev–Trinajstić information content (AvgIpc) is 2.97. The van der Waals surface area contributed by atoms with Crippen LogP contribution in [0.1, 0.15) is 48.8 Å². The molecule has 3 heteroatoms. The van der Waals surface area contributed by atoms with Crippen LogP contribution in [0.15, 0.2) is 40.8 Å². The second-order valence-electron chi connectivity index (χ2n) is 6.75. The molecule has 1 atom stereocenters. The Morgan fingerprint density at radius 3 is 2.52 bits per heavy atom. The number of piperidine rings is 1. The van der Waals surface area contributed by atoms with Crippen LogP contribution < -0.4 is 5.32 Å². The number of rotatable bonds is 6. The zero-order chi connectivity index (χ0) is 16.1. The summed E-state index contributed by atoms with van der Waals surface area (Å²) in [6, 6.07) is 13.8. The molecule has 0 saturated carbocycles. The average molecular weight is 312 g/mol. The first kappa shape index (κ1) is 16.3. The summed E-state index contributed by atoms with van der Waals surface area (Å²) >= 11 is 0. The molecule has 124 valence electrons. The maximum atomic E-state index is 5.57. The van der Waals surface area contributed by atoms with E-state index in [-0.39, 0.29) is 0 Å². The van der Waals surface area contributed by atoms with Gasteiger partial charge in [0.1, 0.15) is 11.5 Å². The van der Waals surface area contributed by atoms with E-state index in [1.54, 1.807) is 0 Å². The van der Waals surface area contributed by atoms with E-state index in [1.165, 1.54) is 36.9 Å². The van der Waals surface area contributed by atoms with Crippen LogP contribution in [0.4, 0.5) is 0 Å². The number of benzene rings is 1. The van der Waals surface area contributed by atoms with Crippen molar-refractivity contribution in [2.75, 3.05) is 6.54 Å². The molecule has 2 heterocycles. The fourth-order valence-corrected chi connectivity index (χ4v) is 3.30. The van der Waals surface area contributed by atoms with E-state index in [1.807, 2.05) is 19.1 Å². The lowest BCUT2D eigenvalue weighted by Crippen LogP contribution is -2.36. The number of nitrogens with zero attached hydrogens (tertiary/aromatic N) is 1. The Kier molecular flexibility index (Phi) is 5.52. The second-order valence-corrected chi connectivity index (χ2v) is 6.75. The van der Waals surface area contributed by atoms with Crippen molar-refractivity contribution in [3.8, 4) is 0 Å². The lowest BCUT2D eigenvalue weighted by molar-refractivity contribution is 0.152. The zero-order valence-corrected chi connectivity index (χ0v) is 14.3. The molecule has 1 aliphatic heterocycles. The predicted octanol–water partition coefficient (Wildman–Crippen LogP) is 4.25. The van der Waals surface area contributed by atoms with E-state index < -0.39 is 0 Å². The monoisotopic (exact) mass is 312 g/mol. The summed E-state index contributed by atoms with van der Waals surface area (Å²) in [6.07, 6.45) is 4.07. The van der Waals surface area contributed by atoms with Gasteiger partial charge in [0.15, 0.2) is 0 Å². The summed E-state index contributed by atoms with van der Waals surface area (Å²) in [5, 5.41) is 3.44. The quantitative estimate of drug-likeness (QED) is 0.864. The van der Waals surface area contributed by atoms with Crippen LogP contribution >= 0.6 is 0 Å². The van der Waals surface area contributed by atoms with Gasteiger partial charge in [-0.1, -0.05) is 30.7 Å². The minimum absolute atomic E-state index is 0.724. The van der Waals surface area contributed by atoms with Gasteiger partial charge in [-0.05, 0) is 56.5 Å². The van der Waals surface area contributed by atoms with Gasteiger partial charge < -0.3 is 9.73 Å². The molecule has 0 spiro atoms. The molecule has 0 amide bonds. The summed E-state index contributed by atoms with van der Waals surface area (Å²) in [4.78, 5) is 2.61. The van der Waals surface area contributed by atoms with E-state index in [9.17, 15) is 0 Å². The van der Waals surface area contributed by atoms with Gasteiger partial charge in [-0.2, -0.15) is 0 Å².